The predicted octanol–water partition coefficient (Wildman–Crippen LogP) is 3.50. The molecule has 0 unspecified atom stereocenters. The van der Waals surface area contributed by atoms with Crippen LogP contribution >= 0.6 is 0 Å². The lowest BCUT2D eigenvalue weighted by Crippen LogP contribution is -2.38. The first-order chi connectivity index (χ1) is 11.8. The molecule has 1 heterocycles. The summed E-state index contributed by atoms with van der Waals surface area (Å²) in [6, 6.07) is 0. The van der Waals surface area contributed by atoms with Gasteiger partial charge >= 0.3 is 0 Å². The number of aliphatic imine (C=N–C) groups is 1. The number of hydrogen-bond acceptors (Lipinski definition) is 2. The normalized spacial score (nSPS) is 16.3. The van der Waals surface area contributed by atoms with Crippen LogP contribution in [0, 0.1) is 12.8 Å². The molecule has 1 fully saturated rings. The van der Waals surface area contributed by atoms with E-state index in [2.05, 4.69) is 38.3 Å². The highest BCUT2D eigenvalue weighted by atomic mass is 15.2. The average molecular weight is 334 g/mol. The van der Waals surface area contributed by atoms with E-state index in [-0.39, 0.29) is 0 Å². The van der Waals surface area contributed by atoms with E-state index in [1.807, 2.05) is 13.2 Å². The molecule has 0 amide bonds. The van der Waals surface area contributed by atoms with E-state index in [0.29, 0.717) is 0 Å². The molecule has 0 bridgehead atoms. The number of aryl methyl sites for hydroxylation is 2. The number of nitrogens with zero attached hydrogens (tertiary/aromatic N) is 3. The van der Waals surface area contributed by atoms with Crippen LogP contribution in [0.25, 0.3) is 0 Å². The van der Waals surface area contributed by atoms with Gasteiger partial charge in [0.2, 0.25) is 0 Å². The van der Waals surface area contributed by atoms with Gasteiger partial charge < -0.3 is 15.2 Å². The van der Waals surface area contributed by atoms with Crippen molar-refractivity contribution in [3.8, 4) is 0 Å². The van der Waals surface area contributed by atoms with Gasteiger partial charge in [0.25, 0.3) is 0 Å². The molecular weight excluding hydrogens is 298 g/mol. The molecule has 5 heteroatoms. The Morgan fingerprint density at radius 1 is 1.17 bits per heavy atom. The first-order valence-corrected chi connectivity index (χ1v) is 9.72. The van der Waals surface area contributed by atoms with E-state index in [4.69, 9.17) is 0 Å². The summed E-state index contributed by atoms with van der Waals surface area (Å²) in [6.45, 7) is 5.10. The zero-order valence-electron chi connectivity index (χ0n) is 15.6. The number of unbranched alkanes of at least 4 members (excludes halogenated alkanes) is 1. The number of rotatable bonds is 9. The highest BCUT2D eigenvalue weighted by molar-refractivity contribution is 5.79. The average Bonchev–Trinajstić information content (AvgIpc) is 3.02. The van der Waals surface area contributed by atoms with Crippen molar-refractivity contribution < 1.29 is 0 Å². The third-order valence-electron chi connectivity index (χ3n) is 5.07. The topological polar surface area (TPSA) is 54.2 Å². The summed E-state index contributed by atoms with van der Waals surface area (Å²) >= 11 is 0. The van der Waals surface area contributed by atoms with Gasteiger partial charge in [-0.15, -0.1) is 0 Å². The van der Waals surface area contributed by atoms with E-state index < -0.39 is 0 Å². The Hall–Kier alpha value is -1.52. The first-order valence-electron chi connectivity index (χ1n) is 9.72. The van der Waals surface area contributed by atoms with Gasteiger partial charge in [0.1, 0.15) is 5.82 Å². The van der Waals surface area contributed by atoms with Gasteiger partial charge in [0.05, 0.1) is 0 Å². The molecule has 0 aliphatic heterocycles. The highest BCUT2D eigenvalue weighted by Gasteiger charge is 2.12. The lowest BCUT2D eigenvalue weighted by molar-refractivity contribution is 0.332. The second-order valence-corrected chi connectivity index (χ2v) is 6.95. The quantitative estimate of drug-likeness (QED) is 0.413. The van der Waals surface area contributed by atoms with Crippen molar-refractivity contribution >= 4 is 5.96 Å². The van der Waals surface area contributed by atoms with Crippen molar-refractivity contribution in [1.82, 2.24) is 20.2 Å². The fourth-order valence-corrected chi connectivity index (χ4v) is 3.55. The van der Waals surface area contributed by atoms with Crippen LogP contribution in [0.2, 0.25) is 0 Å². The summed E-state index contributed by atoms with van der Waals surface area (Å²) in [4.78, 5) is 8.56. The monoisotopic (exact) mass is 333 g/mol. The molecule has 1 aliphatic rings. The van der Waals surface area contributed by atoms with Crippen LogP contribution in [0.15, 0.2) is 17.4 Å². The number of nitrogens with one attached hydrogen (secondary N) is 2. The van der Waals surface area contributed by atoms with Crippen molar-refractivity contribution in [1.29, 1.82) is 0 Å². The minimum Gasteiger partial charge on any atom is -0.356 e. The van der Waals surface area contributed by atoms with Gasteiger partial charge in [-0.1, -0.05) is 32.1 Å². The van der Waals surface area contributed by atoms with E-state index in [0.717, 1.165) is 50.2 Å². The first kappa shape index (κ1) is 18.8. The molecule has 0 radical (unpaired) electrons. The van der Waals surface area contributed by atoms with Crippen molar-refractivity contribution in [2.45, 2.75) is 71.3 Å². The van der Waals surface area contributed by atoms with E-state index in [9.17, 15) is 0 Å². The van der Waals surface area contributed by atoms with Crippen LogP contribution in [0.5, 0.6) is 0 Å². The third kappa shape index (κ3) is 6.93. The second-order valence-electron chi connectivity index (χ2n) is 6.95. The Bertz CT molecular complexity index is 474. The van der Waals surface area contributed by atoms with Gasteiger partial charge in [-0.25, -0.2) is 4.98 Å². The van der Waals surface area contributed by atoms with Crippen LogP contribution in [-0.4, -0.2) is 35.6 Å². The summed E-state index contributed by atoms with van der Waals surface area (Å²) in [6.07, 6.45) is 16.1. The van der Waals surface area contributed by atoms with Gasteiger partial charge in [0, 0.05) is 39.1 Å². The Labute approximate surface area is 147 Å². The fraction of sp³-hybridized carbons (Fsp3) is 0.789. The summed E-state index contributed by atoms with van der Waals surface area (Å²) in [5.41, 5.74) is 0. The zero-order valence-corrected chi connectivity index (χ0v) is 15.6. The molecule has 0 spiro atoms. The predicted molar refractivity (Wildman–Crippen MR) is 101 cm³/mol. The second kappa shape index (κ2) is 11.1. The zero-order chi connectivity index (χ0) is 17.0. The highest BCUT2D eigenvalue weighted by Crippen LogP contribution is 2.26. The molecule has 2 rings (SSSR count). The van der Waals surface area contributed by atoms with Crippen LogP contribution in [0.1, 0.15) is 63.6 Å². The minimum absolute atomic E-state index is 0.942. The summed E-state index contributed by atoms with van der Waals surface area (Å²) in [7, 11) is 1.85. The van der Waals surface area contributed by atoms with Gasteiger partial charge in [-0.05, 0) is 38.5 Å². The third-order valence-corrected chi connectivity index (χ3v) is 5.07. The van der Waals surface area contributed by atoms with Crippen LogP contribution in [0.4, 0.5) is 0 Å². The number of hydrogen-bond donors (Lipinski definition) is 2. The molecule has 1 saturated carbocycles. The number of aromatic nitrogens is 2. The Morgan fingerprint density at radius 2 is 1.92 bits per heavy atom. The fourth-order valence-electron chi connectivity index (χ4n) is 3.55. The molecule has 1 aromatic heterocycles. The SMILES string of the molecule is CN=C(NCCCCn1ccnc1C)NCCCC1CCCCC1. The maximum Gasteiger partial charge on any atom is 0.190 e. The molecule has 2 N–H and O–H groups in total. The maximum atomic E-state index is 4.31. The van der Waals surface area contributed by atoms with Crippen molar-refractivity contribution in [2.24, 2.45) is 10.9 Å². The van der Waals surface area contributed by atoms with E-state index >= 15 is 0 Å². The van der Waals surface area contributed by atoms with Crippen molar-refractivity contribution in [2.75, 3.05) is 20.1 Å². The Kier molecular flexibility index (Phi) is 8.71. The molecule has 0 aromatic carbocycles. The standard InChI is InChI=1S/C19H35N5/c1-17-21-14-16-24(17)15-7-6-12-22-19(20-2)23-13-8-11-18-9-4-3-5-10-18/h14,16,18H,3-13,15H2,1-2H3,(H2,20,22,23). The van der Waals surface area contributed by atoms with Crippen LogP contribution in [0.3, 0.4) is 0 Å². The minimum atomic E-state index is 0.942. The van der Waals surface area contributed by atoms with Crippen LogP contribution < -0.4 is 10.6 Å². The van der Waals surface area contributed by atoms with Crippen molar-refractivity contribution in [3.05, 3.63) is 18.2 Å². The van der Waals surface area contributed by atoms with E-state index in [1.54, 1.807) is 0 Å². The lowest BCUT2D eigenvalue weighted by atomic mass is 9.86. The molecule has 1 aliphatic carbocycles. The van der Waals surface area contributed by atoms with Crippen molar-refractivity contribution in [3.63, 3.8) is 0 Å². The smallest absolute Gasteiger partial charge is 0.190 e. The van der Waals surface area contributed by atoms with Gasteiger partial charge in [-0.2, -0.15) is 0 Å². The van der Waals surface area contributed by atoms with E-state index in [1.165, 1.54) is 44.9 Å². The van der Waals surface area contributed by atoms with Gasteiger partial charge in [-0.3, -0.25) is 4.99 Å². The summed E-state index contributed by atoms with van der Waals surface area (Å²) < 4.78 is 2.21. The molecule has 5 nitrogen and oxygen atoms in total. The largest absolute Gasteiger partial charge is 0.356 e. The van der Waals surface area contributed by atoms with Crippen LogP contribution in [-0.2, 0) is 6.54 Å². The molecule has 1 aromatic rings. The molecular formula is C19H35N5. The maximum absolute atomic E-state index is 4.31. The summed E-state index contributed by atoms with van der Waals surface area (Å²) in [5, 5.41) is 6.86. The molecule has 0 saturated heterocycles. The molecule has 24 heavy (non-hydrogen) atoms. The number of imidazole rings is 1. The molecule has 0 atom stereocenters. The lowest BCUT2D eigenvalue weighted by Gasteiger charge is -2.21. The Balaban J connectivity index is 1.48. The Morgan fingerprint density at radius 3 is 2.58 bits per heavy atom. The molecule has 136 valence electrons. The summed E-state index contributed by atoms with van der Waals surface area (Å²) in [5.74, 6) is 3.01. The number of guanidine groups is 1. The van der Waals surface area contributed by atoms with Gasteiger partial charge in [0.15, 0.2) is 5.96 Å².